The van der Waals surface area contributed by atoms with Crippen molar-refractivity contribution < 1.29 is 5.11 Å². The summed E-state index contributed by atoms with van der Waals surface area (Å²) in [6, 6.07) is 0. The van der Waals surface area contributed by atoms with Gasteiger partial charge in [0, 0.05) is 25.9 Å². The van der Waals surface area contributed by atoms with Crippen LogP contribution in [0.4, 0.5) is 0 Å². The van der Waals surface area contributed by atoms with Crippen LogP contribution in [0.15, 0.2) is 6.20 Å². The molecule has 5 nitrogen and oxygen atoms in total. The van der Waals surface area contributed by atoms with Crippen molar-refractivity contribution in [2.75, 3.05) is 13.2 Å². The Morgan fingerprint density at radius 2 is 2.33 bits per heavy atom. The van der Waals surface area contributed by atoms with Crippen molar-refractivity contribution in [3.8, 4) is 0 Å². The molecule has 1 aromatic rings. The highest BCUT2D eigenvalue weighted by atomic mass is 16.3. The summed E-state index contributed by atoms with van der Waals surface area (Å²) in [5, 5.41) is 20.0. The molecule has 86 valence electrons. The smallest absolute Gasteiger partial charge is 0.0964 e. The summed E-state index contributed by atoms with van der Waals surface area (Å²) in [5.74, 6) is 0.648. The van der Waals surface area contributed by atoms with Crippen LogP contribution in [0.25, 0.3) is 0 Å². The molecule has 0 atom stereocenters. The molecule has 0 radical (unpaired) electrons. The number of aryl methyl sites for hydroxylation is 1. The van der Waals surface area contributed by atoms with Crippen molar-refractivity contribution in [2.45, 2.75) is 33.4 Å². The second kappa shape index (κ2) is 6.53. The molecule has 1 aromatic heterocycles. The number of hydrogen-bond donors (Lipinski definition) is 2. The fourth-order valence-corrected chi connectivity index (χ4v) is 1.25. The minimum Gasteiger partial charge on any atom is -0.396 e. The maximum Gasteiger partial charge on any atom is 0.0964 e. The number of nitrogens with zero attached hydrogens (tertiary/aromatic N) is 3. The molecule has 0 saturated heterocycles. The molecule has 0 spiro atoms. The van der Waals surface area contributed by atoms with Gasteiger partial charge in [-0.25, -0.2) is 0 Å². The lowest BCUT2D eigenvalue weighted by molar-refractivity contribution is 0.276. The highest BCUT2D eigenvalue weighted by Gasteiger charge is 2.00. The van der Waals surface area contributed by atoms with E-state index in [1.54, 1.807) is 4.68 Å². The molecule has 0 aliphatic rings. The predicted molar refractivity (Wildman–Crippen MR) is 58.3 cm³/mol. The van der Waals surface area contributed by atoms with Gasteiger partial charge in [0.15, 0.2) is 0 Å². The lowest BCUT2D eigenvalue weighted by Gasteiger charge is -2.04. The molecular weight excluding hydrogens is 192 g/mol. The van der Waals surface area contributed by atoms with E-state index in [9.17, 15) is 0 Å². The van der Waals surface area contributed by atoms with Gasteiger partial charge in [-0.3, -0.25) is 4.68 Å². The van der Waals surface area contributed by atoms with Gasteiger partial charge >= 0.3 is 0 Å². The average molecular weight is 212 g/mol. The summed E-state index contributed by atoms with van der Waals surface area (Å²) < 4.78 is 1.77. The third kappa shape index (κ3) is 4.90. The molecule has 0 aliphatic heterocycles. The first-order chi connectivity index (χ1) is 7.22. The average Bonchev–Trinajstić information content (AvgIpc) is 2.62. The predicted octanol–water partition coefficient (Wildman–Crippen LogP) is 0.406. The van der Waals surface area contributed by atoms with Gasteiger partial charge in [-0.05, 0) is 18.9 Å². The molecule has 1 rings (SSSR count). The van der Waals surface area contributed by atoms with E-state index in [1.807, 2.05) is 6.20 Å². The van der Waals surface area contributed by atoms with Gasteiger partial charge in [0.1, 0.15) is 0 Å². The van der Waals surface area contributed by atoms with Gasteiger partial charge in [0.05, 0.1) is 5.69 Å². The maximum atomic E-state index is 8.66. The zero-order valence-electron chi connectivity index (χ0n) is 9.48. The summed E-state index contributed by atoms with van der Waals surface area (Å²) in [6.45, 7) is 7.02. The Hall–Kier alpha value is -0.940. The van der Waals surface area contributed by atoms with E-state index in [4.69, 9.17) is 5.11 Å². The third-order valence-corrected chi connectivity index (χ3v) is 1.99. The van der Waals surface area contributed by atoms with Crippen LogP contribution in [-0.2, 0) is 13.1 Å². The van der Waals surface area contributed by atoms with Crippen LogP contribution in [0.2, 0.25) is 0 Å². The Bertz CT molecular complexity index is 272. The molecule has 0 saturated carbocycles. The van der Waals surface area contributed by atoms with Gasteiger partial charge in [-0.1, -0.05) is 19.1 Å². The summed E-state index contributed by atoms with van der Waals surface area (Å²) in [4.78, 5) is 0. The largest absolute Gasteiger partial charge is 0.396 e. The monoisotopic (exact) mass is 212 g/mol. The highest BCUT2D eigenvalue weighted by Crippen LogP contribution is 1.95. The van der Waals surface area contributed by atoms with Crippen LogP contribution in [0.1, 0.15) is 26.0 Å². The number of aliphatic hydroxyl groups excluding tert-OH is 1. The van der Waals surface area contributed by atoms with Crippen molar-refractivity contribution in [3.05, 3.63) is 11.9 Å². The Kier molecular flexibility index (Phi) is 5.28. The summed E-state index contributed by atoms with van der Waals surface area (Å²) in [5.41, 5.74) is 0.952. The second-order valence-electron chi connectivity index (χ2n) is 4.07. The fraction of sp³-hybridized carbons (Fsp3) is 0.800. The Morgan fingerprint density at radius 3 is 3.00 bits per heavy atom. The number of aromatic nitrogens is 3. The van der Waals surface area contributed by atoms with Crippen molar-refractivity contribution >= 4 is 0 Å². The van der Waals surface area contributed by atoms with E-state index >= 15 is 0 Å². The first-order valence-corrected chi connectivity index (χ1v) is 5.43. The van der Waals surface area contributed by atoms with Crippen LogP contribution < -0.4 is 5.32 Å². The molecule has 0 amide bonds. The van der Waals surface area contributed by atoms with E-state index in [0.29, 0.717) is 5.92 Å². The third-order valence-electron chi connectivity index (χ3n) is 1.99. The molecule has 15 heavy (non-hydrogen) atoms. The molecule has 0 fully saturated rings. The van der Waals surface area contributed by atoms with E-state index < -0.39 is 0 Å². The number of aliphatic hydroxyl groups is 1. The van der Waals surface area contributed by atoms with Gasteiger partial charge in [-0.2, -0.15) is 0 Å². The molecule has 0 unspecified atom stereocenters. The number of nitrogens with one attached hydrogen (secondary N) is 1. The van der Waals surface area contributed by atoms with Crippen LogP contribution in [0.5, 0.6) is 0 Å². The molecule has 0 aliphatic carbocycles. The summed E-state index contributed by atoms with van der Waals surface area (Å²) >= 11 is 0. The van der Waals surface area contributed by atoms with Crippen molar-refractivity contribution in [2.24, 2.45) is 5.92 Å². The summed E-state index contributed by atoms with van der Waals surface area (Å²) in [6.07, 6.45) is 2.64. The normalized spacial score (nSPS) is 11.2. The van der Waals surface area contributed by atoms with Gasteiger partial charge < -0.3 is 10.4 Å². The molecule has 0 aromatic carbocycles. The number of rotatable bonds is 7. The quantitative estimate of drug-likeness (QED) is 0.687. The van der Waals surface area contributed by atoms with Crippen LogP contribution in [0.3, 0.4) is 0 Å². The minimum absolute atomic E-state index is 0.195. The highest BCUT2D eigenvalue weighted by molar-refractivity contribution is 4.91. The van der Waals surface area contributed by atoms with Gasteiger partial charge in [0.25, 0.3) is 0 Å². The first kappa shape index (κ1) is 12.1. The Morgan fingerprint density at radius 1 is 1.53 bits per heavy atom. The zero-order chi connectivity index (χ0) is 11.1. The SMILES string of the molecule is CC(C)CNCc1cn(CCCO)nn1. The Labute approximate surface area is 90.5 Å². The van der Waals surface area contributed by atoms with Crippen LogP contribution in [0, 0.1) is 5.92 Å². The number of hydrogen-bond acceptors (Lipinski definition) is 4. The zero-order valence-corrected chi connectivity index (χ0v) is 9.48. The lowest BCUT2D eigenvalue weighted by atomic mass is 10.2. The van der Waals surface area contributed by atoms with Crippen molar-refractivity contribution in [1.82, 2.24) is 20.3 Å². The van der Waals surface area contributed by atoms with Crippen molar-refractivity contribution in [1.29, 1.82) is 0 Å². The van der Waals surface area contributed by atoms with Crippen molar-refractivity contribution in [3.63, 3.8) is 0 Å². The molecule has 1 heterocycles. The van der Waals surface area contributed by atoms with Gasteiger partial charge in [-0.15, -0.1) is 5.10 Å². The molecule has 5 heteroatoms. The van der Waals surface area contributed by atoms with Gasteiger partial charge in [0.2, 0.25) is 0 Å². The van der Waals surface area contributed by atoms with E-state index in [2.05, 4.69) is 29.5 Å². The fourth-order valence-electron chi connectivity index (χ4n) is 1.25. The maximum absolute atomic E-state index is 8.66. The van der Waals surface area contributed by atoms with E-state index in [-0.39, 0.29) is 6.61 Å². The second-order valence-corrected chi connectivity index (χ2v) is 4.07. The molecular formula is C10H20N4O. The minimum atomic E-state index is 0.195. The first-order valence-electron chi connectivity index (χ1n) is 5.43. The van der Waals surface area contributed by atoms with E-state index in [1.165, 1.54) is 0 Å². The van der Waals surface area contributed by atoms with E-state index in [0.717, 1.165) is 31.7 Å². The Balaban J connectivity index is 2.26. The molecule has 2 N–H and O–H groups in total. The topological polar surface area (TPSA) is 63.0 Å². The van der Waals surface area contributed by atoms with Crippen LogP contribution in [-0.4, -0.2) is 33.3 Å². The van der Waals surface area contributed by atoms with Crippen LogP contribution >= 0.6 is 0 Å². The standard InChI is InChI=1S/C10H20N4O/c1-9(2)6-11-7-10-8-14(13-12-10)4-3-5-15/h8-9,11,15H,3-7H2,1-2H3. The summed E-state index contributed by atoms with van der Waals surface area (Å²) in [7, 11) is 0. The lowest BCUT2D eigenvalue weighted by Crippen LogP contribution is -2.19. The molecule has 0 bridgehead atoms.